The van der Waals surface area contributed by atoms with Crippen LogP contribution >= 0.6 is 0 Å². The molecule has 1 aromatic heterocycles. The van der Waals surface area contributed by atoms with Gasteiger partial charge in [-0.3, -0.25) is 4.79 Å². The van der Waals surface area contributed by atoms with E-state index >= 15 is 0 Å². The Morgan fingerprint density at radius 2 is 1.79 bits per heavy atom. The van der Waals surface area contributed by atoms with Gasteiger partial charge in [-0.15, -0.1) is 0 Å². The SMILES string of the molecule is Cc1ccc(NC(=O)C(C)(C)c2ccccc2)nc1. The van der Waals surface area contributed by atoms with Gasteiger partial charge in [-0.05, 0) is 38.0 Å². The van der Waals surface area contributed by atoms with Gasteiger partial charge < -0.3 is 5.32 Å². The Balaban J connectivity index is 2.17. The van der Waals surface area contributed by atoms with Crippen molar-refractivity contribution >= 4 is 11.7 Å². The molecule has 0 unspecified atom stereocenters. The maximum atomic E-state index is 12.4. The third-order valence-corrected chi connectivity index (χ3v) is 3.22. The molecule has 0 saturated carbocycles. The van der Waals surface area contributed by atoms with Gasteiger partial charge in [-0.2, -0.15) is 0 Å². The van der Waals surface area contributed by atoms with E-state index in [1.807, 2.05) is 63.2 Å². The second-order valence-corrected chi connectivity index (χ2v) is 5.17. The number of pyridine rings is 1. The van der Waals surface area contributed by atoms with Crippen LogP contribution in [-0.2, 0) is 10.2 Å². The van der Waals surface area contributed by atoms with E-state index in [0.29, 0.717) is 5.82 Å². The minimum absolute atomic E-state index is 0.0601. The Labute approximate surface area is 113 Å². The molecule has 3 heteroatoms. The molecule has 0 saturated heterocycles. The molecule has 3 nitrogen and oxygen atoms in total. The summed E-state index contributed by atoms with van der Waals surface area (Å²) in [7, 11) is 0. The summed E-state index contributed by atoms with van der Waals surface area (Å²) in [5.41, 5.74) is 1.47. The number of nitrogens with zero attached hydrogens (tertiary/aromatic N) is 1. The molecule has 0 bridgehead atoms. The van der Waals surface area contributed by atoms with Crippen molar-refractivity contribution in [3.63, 3.8) is 0 Å². The van der Waals surface area contributed by atoms with E-state index < -0.39 is 5.41 Å². The Morgan fingerprint density at radius 1 is 1.11 bits per heavy atom. The first-order valence-electron chi connectivity index (χ1n) is 6.30. The number of amides is 1. The molecule has 0 aliphatic heterocycles. The van der Waals surface area contributed by atoms with Gasteiger partial charge >= 0.3 is 0 Å². The lowest BCUT2D eigenvalue weighted by Gasteiger charge is -2.23. The molecule has 1 amide bonds. The molecule has 0 atom stereocenters. The van der Waals surface area contributed by atoms with E-state index in [1.165, 1.54) is 0 Å². The molecule has 0 spiro atoms. The molecular formula is C16H18N2O. The molecule has 19 heavy (non-hydrogen) atoms. The number of hydrogen-bond acceptors (Lipinski definition) is 2. The Bertz CT molecular complexity index is 559. The van der Waals surface area contributed by atoms with Crippen LogP contribution in [0, 0.1) is 6.92 Å². The van der Waals surface area contributed by atoms with Gasteiger partial charge in [0.25, 0.3) is 0 Å². The first kappa shape index (κ1) is 13.3. The predicted octanol–water partition coefficient (Wildman–Crippen LogP) is 3.31. The van der Waals surface area contributed by atoms with Crippen LogP contribution in [0.3, 0.4) is 0 Å². The lowest BCUT2D eigenvalue weighted by atomic mass is 9.84. The van der Waals surface area contributed by atoms with E-state index in [9.17, 15) is 4.79 Å². The van der Waals surface area contributed by atoms with Crippen LogP contribution in [0.5, 0.6) is 0 Å². The van der Waals surface area contributed by atoms with Gasteiger partial charge in [-0.25, -0.2) is 4.98 Å². The highest BCUT2D eigenvalue weighted by Gasteiger charge is 2.29. The summed E-state index contributed by atoms with van der Waals surface area (Å²) in [5.74, 6) is 0.523. The van der Waals surface area contributed by atoms with Crippen LogP contribution in [-0.4, -0.2) is 10.9 Å². The Morgan fingerprint density at radius 3 is 2.37 bits per heavy atom. The molecule has 1 aromatic carbocycles. The van der Waals surface area contributed by atoms with Gasteiger partial charge in [0.05, 0.1) is 5.41 Å². The van der Waals surface area contributed by atoms with Crippen LogP contribution in [0.1, 0.15) is 25.0 Å². The first-order chi connectivity index (χ1) is 9.00. The maximum absolute atomic E-state index is 12.4. The quantitative estimate of drug-likeness (QED) is 0.913. The van der Waals surface area contributed by atoms with E-state index in [0.717, 1.165) is 11.1 Å². The highest BCUT2D eigenvalue weighted by Crippen LogP contribution is 2.24. The average molecular weight is 254 g/mol. The van der Waals surface area contributed by atoms with Crippen molar-refractivity contribution in [1.82, 2.24) is 4.98 Å². The van der Waals surface area contributed by atoms with Crippen molar-refractivity contribution in [2.24, 2.45) is 0 Å². The second-order valence-electron chi connectivity index (χ2n) is 5.17. The number of carbonyl (C=O) groups is 1. The second kappa shape index (κ2) is 5.22. The Hall–Kier alpha value is -2.16. The standard InChI is InChI=1S/C16H18N2O/c1-12-9-10-14(17-11-12)18-15(19)16(2,3)13-7-5-4-6-8-13/h4-11H,1-3H3,(H,17,18,19). The van der Waals surface area contributed by atoms with E-state index in [2.05, 4.69) is 10.3 Å². The van der Waals surface area contributed by atoms with Gasteiger partial charge in [0.15, 0.2) is 0 Å². The van der Waals surface area contributed by atoms with Gasteiger partial charge in [0, 0.05) is 6.20 Å². The molecule has 2 aromatic rings. The first-order valence-corrected chi connectivity index (χ1v) is 6.30. The van der Waals surface area contributed by atoms with Crippen LogP contribution in [0.4, 0.5) is 5.82 Å². The largest absolute Gasteiger partial charge is 0.310 e. The molecule has 1 N–H and O–H groups in total. The number of benzene rings is 1. The number of anilines is 1. The summed E-state index contributed by atoms with van der Waals surface area (Å²) in [6.07, 6.45) is 1.74. The fourth-order valence-corrected chi connectivity index (χ4v) is 1.80. The van der Waals surface area contributed by atoms with Crippen LogP contribution in [0.15, 0.2) is 48.7 Å². The summed E-state index contributed by atoms with van der Waals surface area (Å²) in [6, 6.07) is 13.5. The van der Waals surface area contributed by atoms with E-state index in [-0.39, 0.29) is 5.91 Å². The van der Waals surface area contributed by atoms with E-state index in [1.54, 1.807) is 6.20 Å². The normalized spacial score (nSPS) is 11.1. The fourth-order valence-electron chi connectivity index (χ4n) is 1.80. The van der Waals surface area contributed by atoms with Gasteiger partial charge in [-0.1, -0.05) is 36.4 Å². The molecule has 2 rings (SSSR count). The number of carbonyl (C=O) groups excluding carboxylic acids is 1. The molecule has 0 aliphatic carbocycles. The zero-order valence-corrected chi connectivity index (χ0v) is 11.5. The molecule has 0 fully saturated rings. The number of nitrogens with one attached hydrogen (secondary N) is 1. The van der Waals surface area contributed by atoms with Crippen LogP contribution in [0.2, 0.25) is 0 Å². The molecule has 98 valence electrons. The maximum Gasteiger partial charge on any atom is 0.235 e. The molecule has 1 heterocycles. The fraction of sp³-hybridized carbons (Fsp3) is 0.250. The zero-order chi connectivity index (χ0) is 13.9. The van der Waals surface area contributed by atoms with Crippen molar-refractivity contribution in [3.05, 3.63) is 59.8 Å². The lowest BCUT2D eigenvalue weighted by molar-refractivity contribution is -0.120. The third-order valence-electron chi connectivity index (χ3n) is 3.22. The molecule has 0 radical (unpaired) electrons. The third kappa shape index (κ3) is 2.99. The summed E-state index contributed by atoms with van der Waals surface area (Å²) in [5, 5.41) is 2.86. The highest BCUT2D eigenvalue weighted by atomic mass is 16.2. The minimum atomic E-state index is -0.589. The summed E-state index contributed by atoms with van der Waals surface area (Å²) < 4.78 is 0. The van der Waals surface area contributed by atoms with Crippen molar-refractivity contribution < 1.29 is 4.79 Å². The molecular weight excluding hydrogens is 236 g/mol. The van der Waals surface area contributed by atoms with Crippen LogP contribution in [0.25, 0.3) is 0 Å². The average Bonchev–Trinajstić information content (AvgIpc) is 2.42. The van der Waals surface area contributed by atoms with Crippen molar-refractivity contribution in [3.8, 4) is 0 Å². The monoisotopic (exact) mass is 254 g/mol. The number of aryl methyl sites for hydroxylation is 1. The van der Waals surface area contributed by atoms with Gasteiger partial charge in [0.2, 0.25) is 5.91 Å². The van der Waals surface area contributed by atoms with Crippen molar-refractivity contribution in [2.45, 2.75) is 26.2 Å². The minimum Gasteiger partial charge on any atom is -0.310 e. The van der Waals surface area contributed by atoms with Crippen molar-refractivity contribution in [1.29, 1.82) is 0 Å². The smallest absolute Gasteiger partial charge is 0.235 e. The number of hydrogen-bond donors (Lipinski definition) is 1. The van der Waals surface area contributed by atoms with Crippen molar-refractivity contribution in [2.75, 3.05) is 5.32 Å². The number of rotatable bonds is 3. The lowest BCUT2D eigenvalue weighted by Crippen LogP contribution is -2.34. The topological polar surface area (TPSA) is 42.0 Å². The zero-order valence-electron chi connectivity index (χ0n) is 11.5. The summed E-state index contributed by atoms with van der Waals surface area (Å²) in [4.78, 5) is 16.6. The predicted molar refractivity (Wildman–Crippen MR) is 77.1 cm³/mol. The van der Waals surface area contributed by atoms with E-state index in [4.69, 9.17) is 0 Å². The van der Waals surface area contributed by atoms with Crippen LogP contribution < -0.4 is 5.32 Å². The highest BCUT2D eigenvalue weighted by molar-refractivity contribution is 5.97. The summed E-state index contributed by atoms with van der Waals surface area (Å²) >= 11 is 0. The molecule has 0 aliphatic rings. The number of aromatic nitrogens is 1. The Kier molecular flexibility index (Phi) is 3.65. The van der Waals surface area contributed by atoms with Gasteiger partial charge in [0.1, 0.15) is 5.82 Å². The summed E-state index contributed by atoms with van der Waals surface area (Å²) in [6.45, 7) is 5.78.